The number of benzene rings is 2. The first kappa shape index (κ1) is 14.0. The van der Waals surface area contributed by atoms with Crippen molar-refractivity contribution >= 4 is 28.9 Å². The number of anilines is 1. The lowest BCUT2D eigenvalue weighted by Gasteiger charge is -2.11. The summed E-state index contributed by atoms with van der Waals surface area (Å²) in [6, 6.07) is 11.6. The molecule has 0 aliphatic heterocycles. The first-order valence-electron chi connectivity index (χ1n) is 5.93. The molecule has 0 heterocycles. The maximum absolute atomic E-state index is 6.15. The van der Waals surface area contributed by atoms with Crippen LogP contribution in [0.4, 0.5) is 5.69 Å². The van der Waals surface area contributed by atoms with Crippen LogP contribution in [-0.4, -0.2) is 7.11 Å². The first-order chi connectivity index (χ1) is 9.11. The lowest BCUT2D eigenvalue weighted by atomic mass is 10.2. The minimum Gasteiger partial charge on any atom is -0.496 e. The smallest absolute Gasteiger partial charge is 0.121 e. The Kier molecular flexibility index (Phi) is 4.56. The van der Waals surface area contributed by atoms with Gasteiger partial charge in [-0.15, -0.1) is 0 Å². The van der Waals surface area contributed by atoms with Gasteiger partial charge in [0.2, 0.25) is 0 Å². The van der Waals surface area contributed by atoms with E-state index in [1.54, 1.807) is 13.2 Å². The molecule has 0 atom stereocenters. The lowest BCUT2D eigenvalue weighted by Crippen LogP contribution is -2.00. The quantitative estimate of drug-likeness (QED) is 0.864. The predicted molar refractivity (Wildman–Crippen MR) is 81.5 cm³/mol. The van der Waals surface area contributed by atoms with E-state index in [1.165, 1.54) is 0 Å². The molecule has 0 unspecified atom stereocenters. The van der Waals surface area contributed by atoms with Crippen LogP contribution >= 0.6 is 23.2 Å². The van der Waals surface area contributed by atoms with E-state index in [-0.39, 0.29) is 0 Å². The van der Waals surface area contributed by atoms with Gasteiger partial charge in [-0.2, -0.15) is 0 Å². The highest BCUT2D eigenvalue weighted by Crippen LogP contribution is 2.27. The number of hydrogen-bond donors (Lipinski definition) is 1. The Morgan fingerprint density at radius 1 is 1.16 bits per heavy atom. The summed E-state index contributed by atoms with van der Waals surface area (Å²) in [5.74, 6) is 0.881. The molecule has 1 N–H and O–H groups in total. The number of halogens is 2. The minimum absolute atomic E-state index is 0.576. The van der Waals surface area contributed by atoms with Crippen LogP contribution in [-0.2, 0) is 6.54 Å². The van der Waals surface area contributed by atoms with Crippen molar-refractivity contribution in [3.63, 3.8) is 0 Å². The van der Waals surface area contributed by atoms with E-state index in [1.807, 2.05) is 37.3 Å². The molecule has 0 amide bonds. The van der Waals surface area contributed by atoms with Gasteiger partial charge in [-0.3, -0.25) is 0 Å². The Hall–Kier alpha value is -1.38. The second kappa shape index (κ2) is 6.18. The van der Waals surface area contributed by atoms with Crippen LogP contribution in [0.1, 0.15) is 11.1 Å². The van der Waals surface area contributed by atoms with E-state index >= 15 is 0 Å². The summed E-state index contributed by atoms with van der Waals surface area (Å²) in [6.45, 7) is 2.64. The highest BCUT2D eigenvalue weighted by atomic mass is 35.5. The molecule has 0 spiro atoms. The van der Waals surface area contributed by atoms with Gasteiger partial charge in [-0.25, -0.2) is 0 Å². The summed E-state index contributed by atoms with van der Waals surface area (Å²) in [5, 5.41) is 4.50. The molecule has 2 nitrogen and oxygen atoms in total. The molecule has 2 aromatic rings. The van der Waals surface area contributed by atoms with Gasteiger partial charge >= 0.3 is 0 Å². The third kappa shape index (κ3) is 3.34. The highest BCUT2D eigenvalue weighted by molar-refractivity contribution is 6.42. The summed E-state index contributed by atoms with van der Waals surface area (Å²) in [6.07, 6.45) is 0. The van der Waals surface area contributed by atoms with Gasteiger partial charge in [-0.05, 0) is 42.3 Å². The van der Waals surface area contributed by atoms with Crippen LogP contribution < -0.4 is 10.1 Å². The minimum atomic E-state index is 0.576. The molecule has 2 aromatic carbocycles. The number of methoxy groups -OCH3 is 1. The summed E-state index contributed by atoms with van der Waals surface area (Å²) in [4.78, 5) is 0. The fraction of sp³-hybridized carbons (Fsp3) is 0.200. The summed E-state index contributed by atoms with van der Waals surface area (Å²) in [5.41, 5.74) is 3.08. The van der Waals surface area contributed by atoms with Gasteiger partial charge in [0.15, 0.2) is 0 Å². The Morgan fingerprint density at radius 3 is 2.63 bits per heavy atom. The van der Waals surface area contributed by atoms with Gasteiger partial charge in [0.25, 0.3) is 0 Å². The van der Waals surface area contributed by atoms with Crippen molar-refractivity contribution in [2.24, 2.45) is 0 Å². The zero-order chi connectivity index (χ0) is 13.8. The molecule has 2 rings (SSSR count). The molecule has 0 fully saturated rings. The summed E-state index contributed by atoms with van der Waals surface area (Å²) >= 11 is 12.1. The Morgan fingerprint density at radius 2 is 1.95 bits per heavy atom. The Bertz CT molecular complexity index is 584. The maximum atomic E-state index is 6.15. The number of aryl methyl sites for hydroxylation is 1. The van der Waals surface area contributed by atoms with Crippen molar-refractivity contribution < 1.29 is 4.74 Å². The van der Waals surface area contributed by atoms with E-state index < -0.39 is 0 Å². The second-order valence-electron chi connectivity index (χ2n) is 4.25. The molecular formula is C15H15Cl2NO. The molecule has 0 radical (unpaired) electrons. The molecule has 100 valence electrons. The monoisotopic (exact) mass is 295 g/mol. The van der Waals surface area contributed by atoms with E-state index in [9.17, 15) is 0 Å². The molecule has 0 saturated heterocycles. The van der Waals surface area contributed by atoms with Gasteiger partial charge in [0.1, 0.15) is 5.75 Å². The van der Waals surface area contributed by atoms with E-state index in [4.69, 9.17) is 27.9 Å². The van der Waals surface area contributed by atoms with Crippen LogP contribution in [0.25, 0.3) is 0 Å². The third-order valence-corrected chi connectivity index (χ3v) is 3.77. The third-order valence-electron chi connectivity index (χ3n) is 2.91. The molecule has 4 heteroatoms. The Balaban J connectivity index is 2.10. The molecule has 19 heavy (non-hydrogen) atoms. The number of ether oxygens (including phenoxy) is 1. The van der Waals surface area contributed by atoms with Crippen molar-refractivity contribution in [3.8, 4) is 5.75 Å². The maximum Gasteiger partial charge on any atom is 0.121 e. The molecule has 0 aliphatic carbocycles. The molecular weight excluding hydrogens is 281 g/mol. The number of hydrogen-bond acceptors (Lipinski definition) is 2. The Labute approximate surface area is 123 Å². The van der Waals surface area contributed by atoms with E-state index in [2.05, 4.69) is 5.32 Å². The van der Waals surface area contributed by atoms with Gasteiger partial charge in [0.05, 0.1) is 17.2 Å². The predicted octanol–water partition coefficient (Wildman–Crippen LogP) is 4.92. The fourth-order valence-corrected chi connectivity index (χ4v) is 2.26. The number of rotatable bonds is 4. The zero-order valence-corrected chi connectivity index (χ0v) is 12.3. The summed E-state index contributed by atoms with van der Waals surface area (Å²) in [7, 11) is 1.67. The van der Waals surface area contributed by atoms with Gasteiger partial charge in [-0.1, -0.05) is 35.3 Å². The topological polar surface area (TPSA) is 21.3 Å². The van der Waals surface area contributed by atoms with Gasteiger partial charge in [0, 0.05) is 12.2 Å². The second-order valence-corrected chi connectivity index (χ2v) is 5.04. The zero-order valence-electron chi connectivity index (χ0n) is 10.8. The van der Waals surface area contributed by atoms with Crippen molar-refractivity contribution in [3.05, 3.63) is 57.6 Å². The first-order valence-corrected chi connectivity index (χ1v) is 6.69. The van der Waals surface area contributed by atoms with Crippen LogP contribution in [0.15, 0.2) is 36.4 Å². The lowest BCUT2D eigenvalue weighted by molar-refractivity contribution is 0.412. The van der Waals surface area contributed by atoms with E-state index in [0.717, 1.165) is 22.6 Å². The summed E-state index contributed by atoms with van der Waals surface area (Å²) < 4.78 is 5.23. The van der Waals surface area contributed by atoms with E-state index in [0.29, 0.717) is 16.6 Å². The van der Waals surface area contributed by atoms with Crippen LogP contribution in [0.3, 0.4) is 0 Å². The molecule has 0 bridgehead atoms. The van der Waals surface area contributed by atoms with Gasteiger partial charge < -0.3 is 10.1 Å². The molecule has 0 saturated carbocycles. The average molecular weight is 296 g/mol. The standard InChI is InChI=1S/C15H15Cl2NO/c1-10-8-12(6-7-14(10)19-2)18-9-11-4-3-5-13(16)15(11)17/h3-8,18H,9H2,1-2H3. The average Bonchev–Trinajstić information content (AvgIpc) is 2.40. The van der Waals surface area contributed by atoms with Crippen molar-refractivity contribution in [1.29, 1.82) is 0 Å². The highest BCUT2D eigenvalue weighted by Gasteiger charge is 2.05. The van der Waals surface area contributed by atoms with Crippen molar-refractivity contribution in [1.82, 2.24) is 0 Å². The van der Waals surface area contributed by atoms with Crippen molar-refractivity contribution in [2.45, 2.75) is 13.5 Å². The van der Waals surface area contributed by atoms with Crippen molar-refractivity contribution in [2.75, 3.05) is 12.4 Å². The SMILES string of the molecule is COc1ccc(NCc2cccc(Cl)c2Cl)cc1C. The van der Waals surface area contributed by atoms with Crippen LogP contribution in [0, 0.1) is 6.92 Å². The van der Waals surface area contributed by atoms with Crippen LogP contribution in [0.5, 0.6) is 5.75 Å². The normalized spacial score (nSPS) is 10.3. The fourth-order valence-electron chi connectivity index (χ4n) is 1.87. The molecule has 0 aliphatic rings. The van der Waals surface area contributed by atoms with Crippen LogP contribution in [0.2, 0.25) is 10.0 Å². The molecule has 0 aromatic heterocycles. The largest absolute Gasteiger partial charge is 0.496 e. The number of nitrogens with one attached hydrogen (secondary N) is 1.